The highest BCUT2D eigenvalue weighted by atomic mass is 16.5. The highest BCUT2D eigenvalue weighted by Gasteiger charge is 1.98. The Balaban J connectivity index is 1.63. The van der Waals surface area contributed by atoms with E-state index in [4.69, 9.17) is 9.47 Å². The van der Waals surface area contributed by atoms with Gasteiger partial charge >= 0.3 is 0 Å². The summed E-state index contributed by atoms with van der Waals surface area (Å²) in [5, 5.41) is 6.87. The summed E-state index contributed by atoms with van der Waals surface area (Å²) in [5.41, 5.74) is 2.19. The molecule has 0 heterocycles. The van der Waals surface area contributed by atoms with Crippen LogP contribution in [0.25, 0.3) is 0 Å². The molecule has 0 saturated heterocycles. The number of benzene rings is 2. The van der Waals surface area contributed by atoms with E-state index >= 15 is 0 Å². The molecule has 0 aliphatic rings. The molecular weight excluding hydrogens is 348 g/mol. The second-order valence-corrected chi connectivity index (χ2v) is 7.02. The summed E-state index contributed by atoms with van der Waals surface area (Å²) in [6, 6.07) is 16.4. The van der Waals surface area contributed by atoms with Gasteiger partial charge in [-0.2, -0.15) is 0 Å². The van der Waals surface area contributed by atoms with E-state index in [0.29, 0.717) is 0 Å². The second kappa shape index (κ2) is 13.8. The van der Waals surface area contributed by atoms with Gasteiger partial charge in [-0.1, -0.05) is 45.6 Å². The summed E-state index contributed by atoms with van der Waals surface area (Å²) < 4.78 is 11.5. The van der Waals surface area contributed by atoms with Gasteiger partial charge in [0, 0.05) is 30.5 Å². The van der Waals surface area contributed by atoms with Crippen molar-refractivity contribution in [2.75, 3.05) is 36.9 Å². The number of hydrogen-bond acceptors (Lipinski definition) is 4. The Hall–Kier alpha value is -2.36. The van der Waals surface area contributed by atoms with Gasteiger partial charge in [0.05, 0.1) is 13.2 Å². The van der Waals surface area contributed by atoms with Crippen molar-refractivity contribution in [3.05, 3.63) is 48.5 Å². The Bertz CT molecular complexity index is 643. The van der Waals surface area contributed by atoms with Gasteiger partial charge in [-0.25, -0.2) is 0 Å². The molecule has 154 valence electrons. The van der Waals surface area contributed by atoms with Gasteiger partial charge in [0.25, 0.3) is 0 Å². The van der Waals surface area contributed by atoms with Crippen molar-refractivity contribution < 1.29 is 9.47 Å². The Kier molecular flexibility index (Phi) is 10.8. The van der Waals surface area contributed by atoms with Crippen LogP contribution in [-0.2, 0) is 0 Å². The zero-order valence-electron chi connectivity index (χ0n) is 17.5. The largest absolute Gasteiger partial charge is 0.494 e. The van der Waals surface area contributed by atoms with Crippen LogP contribution in [0, 0.1) is 0 Å². The van der Waals surface area contributed by atoms with E-state index in [-0.39, 0.29) is 0 Å². The molecule has 2 aromatic rings. The molecule has 0 unspecified atom stereocenters. The molecule has 2 rings (SSSR count). The Morgan fingerprint density at radius 2 is 1.32 bits per heavy atom. The Morgan fingerprint density at radius 1 is 0.643 bits per heavy atom. The lowest BCUT2D eigenvalue weighted by atomic mass is 10.2. The summed E-state index contributed by atoms with van der Waals surface area (Å²) in [6.07, 6.45) is 7.16. The smallest absolute Gasteiger partial charge is 0.121 e. The van der Waals surface area contributed by atoms with Crippen LogP contribution in [0.4, 0.5) is 11.4 Å². The van der Waals surface area contributed by atoms with Crippen molar-refractivity contribution in [1.29, 1.82) is 0 Å². The van der Waals surface area contributed by atoms with E-state index in [1.54, 1.807) is 0 Å². The van der Waals surface area contributed by atoms with Crippen molar-refractivity contribution in [2.45, 2.75) is 52.4 Å². The molecule has 28 heavy (non-hydrogen) atoms. The van der Waals surface area contributed by atoms with Crippen molar-refractivity contribution in [3.63, 3.8) is 0 Å². The zero-order valence-corrected chi connectivity index (χ0v) is 17.5. The van der Waals surface area contributed by atoms with Crippen LogP contribution >= 0.6 is 0 Å². The van der Waals surface area contributed by atoms with Crippen molar-refractivity contribution in [3.8, 4) is 11.5 Å². The van der Waals surface area contributed by atoms with Gasteiger partial charge in [-0.3, -0.25) is 0 Å². The minimum Gasteiger partial charge on any atom is -0.494 e. The van der Waals surface area contributed by atoms with Crippen molar-refractivity contribution in [2.24, 2.45) is 0 Å². The Labute approximate surface area is 170 Å². The molecule has 0 aromatic heterocycles. The topological polar surface area (TPSA) is 42.5 Å². The quantitative estimate of drug-likeness (QED) is 0.351. The minimum atomic E-state index is 0.778. The molecule has 0 amide bonds. The van der Waals surface area contributed by atoms with Crippen LogP contribution < -0.4 is 20.1 Å². The first-order chi connectivity index (χ1) is 13.8. The van der Waals surface area contributed by atoms with Crippen molar-refractivity contribution >= 4 is 11.4 Å². The van der Waals surface area contributed by atoms with E-state index in [2.05, 4.69) is 48.7 Å². The third-order valence-corrected chi connectivity index (χ3v) is 4.50. The lowest BCUT2D eigenvalue weighted by molar-refractivity contribution is 0.305. The minimum absolute atomic E-state index is 0.778. The fraction of sp³-hybridized carbons (Fsp3) is 0.500. The maximum atomic E-state index is 5.79. The third kappa shape index (κ3) is 9.03. The molecule has 0 atom stereocenters. The summed E-state index contributed by atoms with van der Waals surface area (Å²) in [5.74, 6) is 1.87. The average molecular weight is 385 g/mol. The SMILES string of the molecule is CCCCCCOc1ccc(NCCNc2cccc(OCCCC)c2)cc1. The number of unbranched alkanes of at least 4 members (excludes halogenated alkanes) is 4. The first kappa shape index (κ1) is 21.9. The van der Waals surface area contributed by atoms with Gasteiger partial charge in [0.1, 0.15) is 11.5 Å². The molecule has 0 bridgehead atoms. The molecule has 2 aromatic carbocycles. The highest BCUT2D eigenvalue weighted by molar-refractivity contribution is 5.49. The maximum Gasteiger partial charge on any atom is 0.121 e. The van der Waals surface area contributed by atoms with Crippen LogP contribution in [0.3, 0.4) is 0 Å². The highest BCUT2D eigenvalue weighted by Crippen LogP contribution is 2.18. The lowest BCUT2D eigenvalue weighted by Crippen LogP contribution is -2.13. The van der Waals surface area contributed by atoms with Gasteiger partial charge < -0.3 is 20.1 Å². The van der Waals surface area contributed by atoms with E-state index in [1.807, 2.05) is 24.3 Å². The molecule has 0 spiro atoms. The standard InChI is InChI=1S/C24H36N2O2/c1-3-5-7-8-19-27-23-14-12-21(13-15-23)25-16-17-26-22-10-9-11-24(20-22)28-18-6-4-2/h9-15,20,25-26H,3-8,16-19H2,1-2H3. The Morgan fingerprint density at radius 3 is 2.07 bits per heavy atom. The number of rotatable bonds is 15. The van der Waals surface area contributed by atoms with Gasteiger partial charge in [0.2, 0.25) is 0 Å². The molecule has 0 fully saturated rings. The van der Waals surface area contributed by atoms with E-state index in [0.717, 1.165) is 68.4 Å². The first-order valence-corrected chi connectivity index (χ1v) is 10.7. The first-order valence-electron chi connectivity index (χ1n) is 10.7. The molecule has 0 saturated carbocycles. The van der Waals surface area contributed by atoms with E-state index in [9.17, 15) is 0 Å². The lowest BCUT2D eigenvalue weighted by Gasteiger charge is -2.11. The van der Waals surface area contributed by atoms with Crippen molar-refractivity contribution in [1.82, 2.24) is 0 Å². The molecular formula is C24H36N2O2. The van der Waals surface area contributed by atoms with E-state index in [1.165, 1.54) is 19.3 Å². The fourth-order valence-corrected chi connectivity index (χ4v) is 2.83. The van der Waals surface area contributed by atoms with Crippen LogP contribution in [0.2, 0.25) is 0 Å². The number of ether oxygens (including phenoxy) is 2. The molecule has 0 radical (unpaired) electrons. The number of nitrogens with one attached hydrogen (secondary N) is 2. The predicted molar refractivity (Wildman–Crippen MR) is 120 cm³/mol. The average Bonchev–Trinajstić information content (AvgIpc) is 2.73. The molecule has 0 aliphatic heterocycles. The maximum absolute atomic E-state index is 5.79. The van der Waals surface area contributed by atoms with Gasteiger partial charge in [-0.05, 0) is 49.2 Å². The number of hydrogen-bond donors (Lipinski definition) is 2. The fourth-order valence-electron chi connectivity index (χ4n) is 2.83. The summed E-state index contributed by atoms with van der Waals surface area (Å²) in [7, 11) is 0. The molecule has 0 aliphatic carbocycles. The summed E-state index contributed by atoms with van der Waals surface area (Å²) in [6.45, 7) is 7.66. The molecule has 2 N–H and O–H groups in total. The molecule has 4 nitrogen and oxygen atoms in total. The van der Waals surface area contributed by atoms with Crippen LogP contribution in [0.1, 0.15) is 52.4 Å². The van der Waals surface area contributed by atoms with Gasteiger partial charge in [0.15, 0.2) is 0 Å². The number of anilines is 2. The molecule has 4 heteroatoms. The van der Waals surface area contributed by atoms with Crippen LogP contribution in [-0.4, -0.2) is 26.3 Å². The monoisotopic (exact) mass is 384 g/mol. The zero-order chi connectivity index (χ0) is 19.9. The normalized spacial score (nSPS) is 10.5. The van der Waals surface area contributed by atoms with Gasteiger partial charge in [-0.15, -0.1) is 0 Å². The summed E-state index contributed by atoms with van der Waals surface area (Å²) >= 11 is 0. The third-order valence-electron chi connectivity index (χ3n) is 4.50. The summed E-state index contributed by atoms with van der Waals surface area (Å²) in [4.78, 5) is 0. The van der Waals surface area contributed by atoms with Crippen LogP contribution in [0.5, 0.6) is 11.5 Å². The van der Waals surface area contributed by atoms with Crippen LogP contribution in [0.15, 0.2) is 48.5 Å². The van der Waals surface area contributed by atoms with E-state index < -0.39 is 0 Å². The second-order valence-electron chi connectivity index (χ2n) is 7.02. The predicted octanol–water partition coefficient (Wildman–Crippen LogP) is 6.35.